The minimum absolute atomic E-state index is 0.792. The van der Waals surface area contributed by atoms with Gasteiger partial charge in [-0.1, -0.05) is 0 Å². The van der Waals surface area contributed by atoms with Crippen molar-refractivity contribution in [2.75, 3.05) is 5.73 Å². The average Bonchev–Trinajstić information content (AvgIpc) is 2.52. The number of hydrogen-bond acceptors (Lipinski definition) is 3. The van der Waals surface area contributed by atoms with Crippen LogP contribution in [0.3, 0.4) is 0 Å². The van der Waals surface area contributed by atoms with E-state index in [0.29, 0.717) is 0 Å². The predicted molar refractivity (Wildman–Crippen MR) is 56.7 cm³/mol. The summed E-state index contributed by atoms with van der Waals surface area (Å²) < 4.78 is 0. The molecule has 0 bridgehead atoms. The zero-order valence-corrected chi connectivity index (χ0v) is 8.14. The summed E-state index contributed by atoms with van der Waals surface area (Å²) >= 11 is 1.70. The highest BCUT2D eigenvalue weighted by molar-refractivity contribution is 7.13. The second kappa shape index (κ2) is 3.18. The molecule has 0 fully saturated rings. The highest BCUT2D eigenvalue weighted by atomic mass is 32.1. The molecule has 0 spiro atoms. The fraction of sp³-hybridized carbons (Fsp3) is 0.100. The smallest absolute Gasteiger partial charge is 0.0433 e. The number of nitrogens with two attached hydrogens (primary N) is 1. The van der Waals surface area contributed by atoms with Crippen molar-refractivity contribution in [2.24, 2.45) is 0 Å². The molecule has 13 heavy (non-hydrogen) atoms. The number of aryl methyl sites for hydroxylation is 1. The average molecular weight is 190 g/mol. The Hall–Kier alpha value is -1.35. The Bertz CT molecular complexity index is 420. The molecule has 0 aliphatic carbocycles. The van der Waals surface area contributed by atoms with Gasteiger partial charge in [-0.3, -0.25) is 4.98 Å². The van der Waals surface area contributed by atoms with Gasteiger partial charge in [-0.15, -0.1) is 11.3 Å². The van der Waals surface area contributed by atoms with E-state index in [1.54, 1.807) is 17.5 Å². The third kappa shape index (κ3) is 1.42. The molecule has 0 aliphatic heterocycles. The first-order valence-electron chi connectivity index (χ1n) is 4.03. The minimum atomic E-state index is 0.792. The molecule has 3 heteroatoms. The summed E-state index contributed by atoms with van der Waals surface area (Å²) in [7, 11) is 0. The van der Waals surface area contributed by atoms with E-state index < -0.39 is 0 Å². The lowest BCUT2D eigenvalue weighted by Gasteiger charge is -2.02. The van der Waals surface area contributed by atoms with Crippen LogP contribution in [0, 0.1) is 6.92 Å². The van der Waals surface area contributed by atoms with Crippen LogP contribution in [-0.2, 0) is 0 Å². The van der Waals surface area contributed by atoms with Gasteiger partial charge in [0.25, 0.3) is 0 Å². The summed E-state index contributed by atoms with van der Waals surface area (Å²) in [6.45, 7) is 2.08. The Balaban J connectivity index is 2.59. The van der Waals surface area contributed by atoms with Gasteiger partial charge in [0.15, 0.2) is 0 Å². The highest BCUT2D eigenvalue weighted by Crippen LogP contribution is 2.31. The number of nitrogen functional groups attached to an aromatic ring is 1. The van der Waals surface area contributed by atoms with Crippen molar-refractivity contribution in [2.45, 2.75) is 6.92 Å². The summed E-state index contributed by atoms with van der Waals surface area (Å²) in [5.74, 6) is 0. The molecule has 0 saturated heterocycles. The molecule has 0 aromatic carbocycles. The van der Waals surface area contributed by atoms with Crippen molar-refractivity contribution >= 4 is 17.0 Å². The molecule has 2 rings (SSSR count). The number of thiophene rings is 1. The fourth-order valence-electron chi connectivity index (χ4n) is 1.24. The largest absolute Gasteiger partial charge is 0.398 e. The Morgan fingerprint density at radius 1 is 1.38 bits per heavy atom. The molecule has 0 unspecified atom stereocenters. The van der Waals surface area contributed by atoms with Crippen molar-refractivity contribution in [3.05, 3.63) is 35.5 Å². The van der Waals surface area contributed by atoms with Gasteiger partial charge in [-0.2, -0.15) is 0 Å². The second-order valence-corrected chi connectivity index (χ2v) is 3.81. The van der Waals surface area contributed by atoms with Gasteiger partial charge in [0.1, 0.15) is 0 Å². The topological polar surface area (TPSA) is 38.9 Å². The minimum Gasteiger partial charge on any atom is -0.398 e. The molecule has 0 saturated carbocycles. The number of pyridine rings is 1. The van der Waals surface area contributed by atoms with E-state index in [1.807, 2.05) is 12.3 Å². The Labute approximate surface area is 81.1 Å². The first-order chi connectivity index (χ1) is 6.29. The van der Waals surface area contributed by atoms with Gasteiger partial charge in [0, 0.05) is 28.5 Å². The van der Waals surface area contributed by atoms with Crippen molar-refractivity contribution in [1.29, 1.82) is 0 Å². The molecule has 0 radical (unpaired) electrons. The number of nitrogens with zero attached hydrogens (tertiary/aromatic N) is 1. The van der Waals surface area contributed by atoms with Crippen LogP contribution in [0.4, 0.5) is 5.69 Å². The first-order valence-corrected chi connectivity index (χ1v) is 4.91. The first kappa shape index (κ1) is 8.26. The van der Waals surface area contributed by atoms with Gasteiger partial charge in [0.05, 0.1) is 0 Å². The van der Waals surface area contributed by atoms with Gasteiger partial charge in [-0.25, -0.2) is 0 Å². The maximum atomic E-state index is 5.85. The van der Waals surface area contributed by atoms with Gasteiger partial charge >= 0.3 is 0 Å². The molecule has 0 atom stereocenters. The summed E-state index contributed by atoms with van der Waals surface area (Å²) in [5.41, 5.74) is 8.93. The number of hydrogen-bond donors (Lipinski definition) is 1. The maximum Gasteiger partial charge on any atom is 0.0433 e. The zero-order chi connectivity index (χ0) is 9.26. The maximum absolute atomic E-state index is 5.85. The van der Waals surface area contributed by atoms with Gasteiger partial charge < -0.3 is 5.73 Å². The summed E-state index contributed by atoms with van der Waals surface area (Å²) in [4.78, 5) is 5.28. The molecule has 0 amide bonds. The van der Waals surface area contributed by atoms with E-state index in [-0.39, 0.29) is 0 Å². The molecule has 66 valence electrons. The molecule has 2 nitrogen and oxygen atoms in total. The molecular formula is C10H10N2S. The number of aromatic nitrogens is 1. The standard InChI is InChI=1S/C10H10N2S/c1-7-3-5-13-10(7)8-6-12-4-2-9(8)11/h2-6H,1H3,(H2,11,12). The molecule has 2 N–H and O–H groups in total. The summed E-state index contributed by atoms with van der Waals surface area (Å²) in [6, 6.07) is 3.92. The van der Waals surface area contributed by atoms with E-state index in [2.05, 4.69) is 23.4 Å². The van der Waals surface area contributed by atoms with Crippen LogP contribution in [-0.4, -0.2) is 4.98 Å². The van der Waals surface area contributed by atoms with Crippen LogP contribution in [0.5, 0.6) is 0 Å². The van der Waals surface area contributed by atoms with Gasteiger partial charge in [-0.05, 0) is 30.0 Å². The van der Waals surface area contributed by atoms with Crippen LogP contribution in [0.25, 0.3) is 10.4 Å². The van der Waals surface area contributed by atoms with Crippen molar-refractivity contribution in [3.63, 3.8) is 0 Å². The van der Waals surface area contributed by atoms with Crippen LogP contribution < -0.4 is 5.73 Å². The summed E-state index contributed by atoms with van der Waals surface area (Å²) in [6.07, 6.45) is 3.52. The van der Waals surface area contributed by atoms with E-state index in [1.165, 1.54) is 10.4 Å². The Morgan fingerprint density at radius 2 is 2.23 bits per heavy atom. The normalized spacial score (nSPS) is 10.2. The number of rotatable bonds is 1. The monoisotopic (exact) mass is 190 g/mol. The SMILES string of the molecule is Cc1ccsc1-c1cnccc1N. The van der Waals surface area contributed by atoms with E-state index >= 15 is 0 Å². The molecule has 2 aromatic heterocycles. The van der Waals surface area contributed by atoms with Crippen LogP contribution in [0.1, 0.15) is 5.56 Å². The van der Waals surface area contributed by atoms with E-state index in [0.717, 1.165) is 11.3 Å². The quantitative estimate of drug-likeness (QED) is 0.751. The summed E-state index contributed by atoms with van der Waals surface area (Å²) in [5, 5.41) is 2.07. The van der Waals surface area contributed by atoms with Crippen molar-refractivity contribution < 1.29 is 0 Å². The lowest BCUT2D eigenvalue weighted by molar-refractivity contribution is 1.33. The number of anilines is 1. The molecular weight excluding hydrogens is 180 g/mol. The lowest BCUT2D eigenvalue weighted by Crippen LogP contribution is -1.89. The second-order valence-electron chi connectivity index (χ2n) is 2.90. The fourth-order valence-corrected chi connectivity index (χ4v) is 2.20. The lowest BCUT2D eigenvalue weighted by atomic mass is 10.1. The van der Waals surface area contributed by atoms with Crippen molar-refractivity contribution in [1.82, 2.24) is 4.98 Å². The zero-order valence-electron chi connectivity index (χ0n) is 7.32. The van der Waals surface area contributed by atoms with Crippen LogP contribution in [0.2, 0.25) is 0 Å². The Kier molecular flexibility index (Phi) is 2.02. The third-order valence-electron chi connectivity index (χ3n) is 1.96. The predicted octanol–water partition coefficient (Wildman–Crippen LogP) is 2.70. The molecule has 0 aliphatic rings. The van der Waals surface area contributed by atoms with Crippen LogP contribution in [0.15, 0.2) is 29.9 Å². The van der Waals surface area contributed by atoms with Gasteiger partial charge in [0.2, 0.25) is 0 Å². The highest BCUT2D eigenvalue weighted by Gasteiger charge is 2.05. The Morgan fingerprint density at radius 3 is 2.85 bits per heavy atom. The third-order valence-corrected chi connectivity index (χ3v) is 3.01. The van der Waals surface area contributed by atoms with Crippen molar-refractivity contribution in [3.8, 4) is 10.4 Å². The molecule has 2 aromatic rings. The van der Waals surface area contributed by atoms with Crippen LogP contribution >= 0.6 is 11.3 Å². The van der Waals surface area contributed by atoms with E-state index in [9.17, 15) is 0 Å². The van der Waals surface area contributed by atoms with E-state index in [4.69, 9.17) is 5.73 Å². The molecule has 2 heterocycles.